The van der Waals surface area contributed by atoms with E-state index < -0.39 is 22.9 Å². The van der Waals surface area contributed by atoms with E-state index in [4.69, 9.17) is 14.7 Å². The predicted octanol–water partition coefficient (Wildman–Crippen LogP) is 2.94. The van der Waals surface area contributed by atoms with Gasteiger partial charge in [0.05, 0.1) is 23.6 Å². The molecular weight excluding hydrogens is 437 g/mol. The fourth-order valence-electron chi connectivity index (χ4n) is 2.78. The Balaban J connectivity index is 1.50. The Bertz CT molecular complexity index is 1130. The number of carbonyl (C=O) groups excluding carboxylic acids is 3. The van der Waals surface area contributed by atoms with Crippen LogP contribution in [0.15, 0.2) is 47.4 Å². The van der Waals surface area contributed by atoms with Crippen LogP contribution in [0.25, 0.3) is 6.08 Å². The summed E-state index contributed by atoms with van der Waals surface area (Å²) in [6.45, 7) is -0.333. The minimum absolute atomic E-state index is 0.0255. The number of hydrogen-bond donors (Lipinski definition) is 1. The number of hydrogen-bond acceptors (Lipinski definition) is 7. The van der Waals surface area contributed by atoms with Gasteiger partial charge in [-0.25, -0.2) is 4.39 Å². The molecule has 10 heteroatoms. The third-order valence-electron chi connectivity index (χ3n) is 4.37. The second-order valence-electron chi connectivity index (χ2n) is 6.47. The number of ether oxygens (including phenoxy) is 2. The molecule has 1 heterocycles. The summed E-state index contributed by atoms with van der Waals surface area (Å²) >= 11 is 0.716. The number of nitriles is 1. The second kappa shape index (κ2) is 10.5. The zero-order valence-electron chi connectivity index (χ0n) is 17.0. The summed E-state index contributed by atoms with van der Waals surface area (Å²) in [5, 5.41) is 11.0. The lowest BCUT2D eigenvalue weighted by Gasteiger charge is -2.14. The number of methoxy groups -OCH3 is 1. The molecule has 32 heavy (non-hydrogen) atoms. The number of halogens is 1. The number of rotatable bonds is 8. The summed E-state index contributed by atoms with van der Waals surface area (Å²) < 4.78 is 24.3. The van der Waals surface area contributed by atoms with Crippen molar-refractivity contribution in [1.29, 1.82) is 5.26 Å². The first-order valence-electron chi connectivity index (χ1n) is 9.40. The second-order valence-corrected chi connectivity index (χ2v) is 7.46. The number of nitrogens with zero attached hydrogens (tertiary/aromatic N) is 2. The van der Waals surface area contributed by atoms with Gasteiger partial charge in [0.15, 0.2) is 18.1 Å². The molecule has 0 bridgehead atoms. The largest absolute Gasteiger partial charge is 0.493 e. The SMILES string of the molecule is COc1cc(C#N)ccc1OCC(=O)NCCN1C(=O)S/C(=C\c2ccccc2F)C1=O. The van der Waals surface area contributed by atoms with Crippen LogP contribution in [-0.4, -0.2) is 48.8 Å². The lowest BCUT2D eigenvalue weighted by molar-refractivity contribution is -0.125. The lowest BCUT2D eigenvalue weighted by atomic mass is 10.2. The normalized spacial score (nSPS) is 14.4. The first-order chi connectivity index (χ1) is 15.4. The highest BCUT2D eigenvalue weighted by Gasteiger charge is 2.34. The number of nitrogens with one attached hydrogen (secondary N) is 1. The summed E-state index contributed by atoms with van der Waals surface area (Å²) in [6, 6.07) is 12.4. The number of thioether (sulfide) groups is 1. The highest BCUT2D eigenvalue weighted by atomic mass is 32.2. The van der Waals surface area contributed by atoms with Crippen molar-refractivity contribution in [2.75, 3.05) is 26.8 Å². The third kappa shape index (κ3) is 5.44. The molecule has 164 valence electrons. The van der Waals surface area contributed by atoms with Gasteiger partial charge in [-0.15, -0.1) is 0 Å². The Morgan fingerprint density at radius 1 is 1.25 bits per heavy atom. The molecule has 0 radical (unpaired) electrons. The van der Waals surface area contributed by atoms with Crippen molar-refractivity contribution in [3.05, 3.63) is 64.3 Å². The molecule has 2 aromatic rings. The van der Waals surface area contributed by atoms with E-state index in [1.807, 2.05) is 6.07 Å². The topological polar surface area (TPSA) is 109 Å². The van der Waals surface area contributed by atoms with E-state index in [-0.39, 0.29) is 30.2 Å². The molecule has 8 nitrogen and oxygen atoms in total. The predicted molar refractivity (Wildman–Crippen MR) is 115 cm³/mol. The van der Waals surface area contributed by atoms with Gasteiger partial charge in [-0.2, -0.15) is 5.26 Å². The molecule has 3 rings (SSSR count). The van der Waals surface area contributed by atoms with Crippen LogP contribution in [-0.2, 0) is 9.59 Å². The van der Waals surface area contributed by atoms with Crippen LogP contribution in [0.2, 0.25) is 0 Å². The molecule has 1 fully saturated rings. The van der Waals surface area contributed by atoms with Gasteiger partial charge >= 0.3 is 0 Å². The first kappa shape index (κ1) is 22.8. The van der Waals surface area contributed by atoms with Crippen molar-refractivity contribution < 1.29 is 28.2 Å². The van der Waals surface area contributed by atoms with Crippen LogP contribution in [0, 0.1) is 17.1 Å². The molecule has 1 aliphatic heterocycles. The standard InChI is InChI=1S/C22H18FN3O5S/c1-30-18-10-14(12-24)6-7-17(18)31-13-20(27)25-8-9-26-21(28)19(32-22(26)29)11-15-4-2-3-5-16(15)23/h2-7,10-11H,8-9,13H2,1H3,(H,25,27)/b19-11-. The van der Waals surface area contributed by atoms with Gasteiger partial charge < -0.3 is 14.8 Å². The Morgan fingerprint density at radius 3 is 2.75 bits per heavy atom. The molecular formula is C22H18FN3O5S. The monoisotopic (exact) mass is 455 g/mol. The van der Waals surface area contributed by atoms with Crippen LogP contribution in [0.1, 0.15) is 11.1 Å². The van der Waals surface area contributed by atoms with Gasteiger partial charge in [-0.3, -0.25) is 19.3 Å². The zero-order valence-corrected chi connectivity index (χ0v) is 17.8. The van der Waals surface area contributed by atoms with Gasteiger partial charge in [0.25, 0.3) is 17.1 Å². The van der Waals surface area contributed by atoms with Gasteiger partial charge in [0.2, 0.25) is 0 Å². The Hall–Kier alpha value is -3.84. The van der Waals surface area contributed by atoms with Gasteiger partial charge in [-0.1, -0.05) is 18.2 Å². The smallest absolute Gasteiger partial charge is 0.293 e. The zero-order chi connectivity index (χ0) is 23.1. The molecule has 0 saturated carbocycles. The Kier molecular flexibility index (Phi) is 7.46. The summed E-state index contributed by atoms with van der Waals surface area (Å²) in [5.41, 5.74) is 0.599. The molecule has 3 amide bonds. The summed E-state index contributed by atoms with van der Waals surface area (Å²) in [4.78, 5) is 37.7. The average Bonchev–Trinajstić information content (AvgIpc) is 3.06. The van der Waals surface area contributed by atoms with Crippen molar-refractivity contribution in [1.82, 2.24) is 10.2 Å². The molecule has 0 atom stereocenters. The fourth-order valence-corrected chi connectivity index (χ4v) is 3.64. The molecule has 0 aromatic heterocycles. The van der Waals surface area contributed by atoms with Gasteiger partial charge in [0.1, 0.15) is 5.82 Å². The molecule has 1 aliphatic rings. The van der Waals surface area contributed by atoms with E-state index in [9.17, 15) is 18.8 Å². The Labute approximate surface area is 187 Å². The minimum Gasteiger partial charge on any atom is -0.493 e. The summed E-state index contributed by atoms with van der Waals surface area (Å²) in [6.07, 6.45) is 1.33. The average molecular weight is 455 g/mol. The van der Waals surface area contributed by atoms with Gasteiger partial charge in [-0.05, 0) is 36.0 Å². The minimum atomic E-state index is -0.545. The lowest BCUT2D eigenvalue weighted by Crippen LogP contribution is -2.38. The van der Waals surface area contributed by atoms with E-state index in [1.54, 1.807) is 6.07 Å². The first-order valence-corrected chi connectivity index (χ1v) is 10.2. The molecule has 0 unspecified atom stereocenters. The van der Waals surface area contributed by atoms with Gasteiger partial charge in [0, 0.05) is 24.7 Å². The quantitative estimate of drug-likeness (QED) is 0.610. The van der Waals surface area contributed by atoms with E-state index in [2.05, 4.69) is 5.32 Å². The number of benzene rings is 2. The Morgan fingerprint density at radius 2 is 2.03 bits per heavy atom. The van der Waals surface area contributed by atoms with E-state index in [0.717, 1.165) is 4.90 Å². The number of carbonyl (C=O) groups is 3. The highest BCUT2D eigenvalue weighted by Crippen LogP contribution is 2.32. The maximum atomic E-state index is 13.8. The van der Waals surface area contributed by atoms with E-state index >= 15 is 0 Å². The summed E-state index contributed by atoms with van der Waals surface area (Å²) in [5.74, 6) is -0.894. The van der Waals surface area contributed by atoms with Crippen molar-refractivity contribution >= 4 is 34.9 Å². The number of imide groups is 1. The van der Waals surface area contributed by atoms with Crippen LogP contribution in [0.5, 0.6) is 11.5 Å². The highest BCUT2D eigenvalue weighted by molar-refractivity contribution is 8.18. The van der Waals surface area contributed by atoms with Crippen LogP contribution < -0.4 is 14.8 Å². The molecule has 1 N–H and O–H groups in total. The van der Waals surface area contributed by atoms with Crippen LogP contribution in [0.4, 0.5) is 9.18 Å². The van der Waals surface area contributed by atoms with E-state index in [1.165, 1.54) is 49.6 Å². The molecule has 1 saturated heterocycles. The van der Waals surface area contributed by atoms with Crippen molar-refractivity contribution in [3.63, 3.8) is 0 Å². The summed E-state index contributed by atoms with van der Waals surface area (Å²) in [7, 11) is 1.42. The van der Waals surface area contributed by atoms with Crippen LogP contribution in [0.3, 0.4) is 0 Å². The third-order valence-corrected chi connectivity index (χ3v) is 5.28. The van der Waals surface area contributed by atoms with Crippen molar-refractivity contribution in [2.45, 2.75) is 0 Å². The maximum absolute atomic E-state index is 13.8. The van der Waals surface area contributed by atoms with E-state index in [0.29, 0.717) is 28.8 Å². The molecule has 0 spiro atoms. The van der Waals surface area contributed by atoms with Crippen LogP contribution >= 0.6 is 11.8 Å². The fraction of sp³-hybridized carbons (Fsp3) is 0.182. The number of amides is 3. The molecule has 2 aromatic carbocycles. The molecule has 0 aliphatic carbocycles. The van der Waals surface area contributed by atoms with Crippen molar-refractivity contribution in [3.8, 4) is 17.6 Å². The van der Waals surface area contributed by atoms with Crippen molar-refractivity contribution in [2.24, 2.45) is 0 Å². The maximum Gasteiger partial charge on any atom is 0.293 e.